The molecule has 0 spiro atoms. The van der Waals surface area contributed by atoms with Crippen molar-refractivity contribution in [2.75, 3.05) is 20.3 Å². The quantitative estimate of drug-likeness (QED) is 0.789. The highest BCUT2D eigenvalue weighted by Crippen LogP contribution is 2.23. The van der Waals surface area contributed by atoms with E-state index in [-0.39, 0.29) is 24.3 Å². The zero-order valence-corrected chi connectivity index (χ0v) is 14.3. The van der Waals surface area contributed by atoms with Crippen molar-refractivity contribution in [2.45, 2.75) is 38.8 Å². The molecule has 1 aliphatic rings. The van der Waals surface area contributed by atoms with E-state index in [1.54, 1.807) is 4.90 Å². The largest absolute Gasteiger partial charge is 0.491 e. The van der Waals surface area contributed by atoms with E-state index in [9.17, 15) is 14.0 Å². The molecule has 1 atom stereocenters. The summed E-state index contributed by atoms with van der Waals surface area (Å²) >= 11 is 0. The lowest BCUT2D eigenvalue weighted by molar-refractivity contribution is -0.0141. The Bertz CT molecular complexity index is 626. The van der Waals surface area contributed by atoms with Crippen molar-refractivity contribution in [3.63, 3.8) is 0 Å². The lowest BCUT2D eigenvalue weighted by Crippen LogP contribution is -2.55. The molecular formula is C17H22FNO5. The molecule has 0 radical (unpaired) electrons. The van der Waals surface area contributed by atoms with Gasteiger partial charge >= 0.3 is 12.1 Å². The highest BCUT2D eigenvalue weighted by molar-refractivity contribution is 5.90. The van der Waals surface area contributed by atoms with Gasteiger partial charge in [0.25, 0.3) is 0 Å². The number of rotatable bonds is 4. The lowest BCUT2D eigenvalue weighted by Gasteiger charge is -2.41. The fourth-order valence-electron chi connectivity index (χ4n) is 2.23. The van der Waals surface area contributed by atoms with Gasteiger partial charge in [0.2, 0.25) is 0 Å². The van der Waals surface area contributed by atoms with E-state index in [2.05, 4.69) is 4.74 Å². The molecular weight excluding hydrogens is 317 g/mol. The van der Waals surface area contributed by atoms with Gasteiger partial charge in [0.1, 0.15) is 23.8 Å². The van der Waals surface area contributed by atoms with Crippen LogP contribution in [0.5, 0.6) is 5.75 Å². The fraction of sp³-hybridized carbons (Fsp3) is 0.529. The van der Waals surface area contributed by atoms with Crippen LogP contribution in [0.3, 0.4) is 0 Å². The van der Waals surface area contributed by atoms with Crippen molar-refractivity contribution in [2.24, 2.45) is 0 Å². The van der Waals surface area contributed by atoms with E-state index in [0.29, 0.717) is 12.3 Å². The molecule has 0 aliphatic carbocycles. The van der Waals surface area contributed by atoms with Crippen molar-refractivity contribution in [3.05, 3.63) is 29.6 Å². The summed E-state index contributed by atoms with van der Waals surface area (Å²) in [5.41, 5.74) is -0.739. The number of benzene rings is 1. The zero-order chi connectivity index (χ0) is 17.9. The maximum atomic E-state index is 13.6. The van der Waals surface area contributed by atoms with Gasteiger partial charge in [-0.25, -0.2) is 14.0 Å². The van der Waals surface area contributed by atoms with Crippen LogP contribution < -0.4 is 4.74 Å². The molecule has 6 nitrogen and oxygen atoms in total. The number of esters is 1. The highest BCUT2D eigenvalue weighted by Gasteiger charge is 2.35. The third-order valence-electron chi connectivity index (χ3n) is 3.56. The molecule has 1 aliphatic heterocycles. The molecule has 7 heteroatoms. The van der Waals surface area contributed by atoms with Crippen molar-refractivity contribution in [1.82, 2.24) is 4.90 Å². The number of halogens is 1. The minimum Gasteiger partial charge on any atom is -0.491 e. The van der Waals surface area contributed by atoms with Crippen molar-refractivity contribution in [3.8, 4) is 5.75 Å². The second kappa shape index (κ2) is 7.07. The van der Waals surface area contributed by atoms with Crippen LogP contribution >= 0.6 is 0 Å². The Hall–Kier alpha value is -2.31. The van der Waals surface area contributed by atoms with E-state index in [0.717, 1.165) is 12.5 Å². The van der Waals surface area contributed by atoms with Crippen molar-refractivity contribution < 1.29 is 28.2 Å². The van der Waals surface area contributed by atoms with Gasteiger partial charge in [-0.1, -0.05) is 0 Å². The average Bonchev–Trinajstić information content (AvgIpc) is 2.45. The van der Waals surface area contributed by atoms with Crippen LogP contribution in [-0.2, 0) is 9.47 Å². The predicted octanol–water partition coefficient (Wildman–Crippen LogP) is 3.00. The Morgan fingerprint density at radius 2 is 2.04 bits per heavy atom. The fourth-order valence-corrected chi connectivity index (χ4v) is 2.23. The molecule has 24 heavy (non-hydrogen) atoms. The molecule has 1 aromatic rings. The van der Waals surface area contributed by atoms with Crippen LogP contribution in [0.1, 0.15) is 37.6 Å². The molecule has 0 bridgehead atoms. The second-order valence-electron chi connectivity index (χ2n) is 6.56. The topological polar surface area (TPSA) is 65.1 Å². The van der Waals surface area contributed by atoms with Crippen LogP contribution in [0, 0.1) is 5.82 Å². The number of amides is 1. The Kier molecular flexibility index (Phi) is 5.31. The Morgan fingerprint density at radius 1 is 1.33 bits per heavy atom. The first-order valence-electron chi connectivity index (χ1n) is 7.71. The van der Waals surface area contributed by atoms with Crippen LogP contribution in [0.25, 0.3) is 0 Å². The maximum absolute atomic E-state index is 13.6. The van der Waals surface area contributed by atoms with E-state index < -0.39 is 17.4 Å². The summed E-state index contributed by atoms with van der Waals surface area (Å²) in [7, 11) is 1.18. The van der Waals surface area contributed by atoms with Gasteiger partial charge in [-0.15, -0.1) is 0 Å². The Balaban J connectivity index is 1.94. The molecule has 0 N–H and O–H groups in total. The van der Waals surface area contributed by atoms with Gasteiger partial charge in [-0.2, -0.15) is 0 Å². The number of methoxy groups -OCH3 is 1. The number of ether oxygens (including phenoxy) is 3. The predicted molar refractivity (Wildman–Crippen MR) is 84.6 cm³/mol. The zero-order valence-electron chi connectivity index (χ0n) is 14.3. The molecule has 2 rings (SSSR count). The molecule has 1 amide bonds. The van der Waals surface area contributed by atoms with Crippen LogP contribution in [-0.4, -0.2) is 48.9 Å². The number of hydrogen-bond acceptors (Lipinski definition) is 5. The van der Waals surface area contributed by atoms with E-state index in [4.69, 9.17) is 9.47 Å². The minimum atomic E-state index is -0.767. The molecule has 0 aromatic heterocycles. The third-order valence-corrected chi connectivity index (χ3v) is 3.56. The standard InChI is InChI=1S/C17H22FNO5/c1-17(2,3)24-16(21)19-8-7-11(19)10-23-12-5-6-14(18)13(9-12)15(20)22-4/h5-6,9,11H,7-8,10H2,1-4H3. The smallest absolute Gasteiger partial charge is 0.410 e. The number of nitrogens with zero attached hydrogens (tertiary/aromatic N) is 1. The Morgan fingerprint density at radius 3 is 2.58 bits per heavy atom. The number of carbonyl (C=O) groups is 2. The summed E-state index contributed by atoms with van der Waals surface area (Å²) in [5, 5.41) is 0. The molecule has 1 fully saturated rings. The second-order valence-corrected chi connectivity index (χ2v) is 6.56. The van der Waals surface area contributed by atoms with Crippen molar-refractivity contribution in [1.29, 1.82) is 0 Å². The maximum Gasteiger partial charge on any atom is 0.410 e. The van der Waals surface area contributed by atoms with Crippen LogP contribution in [0.4, 0.5) is 9.18 Å². The summed E-state index contributed by atoms with van der Waals surface area (Å²) in [6, 6.07) is 3.76. The number of likely N-dealkylation sites (tertiary alicyclic amines) is 1. The first-order chi connectivity index (χ1) is 11.2. The summed E-state index contributed by atoms with van der Waals surface area (Å²) in [6.07, 6.45) is 0.418. The van der Waals surface area contributed by atoms with Crippen molar-refractivity contribution >= 4 is 12.1 Å². The summed E-state index contributed by atoms with van der Waals surface area (Å²) in [6.45, 7) is 6.28. The SMILES string of the molecule is COC(=O)c1cc(OCC2CCN2C(=O)OC(C)(C)C)ccc1F. The van der Waals surface area contributed by atoms with Gasteiger partial charge < -0.3 is 19.1 Å². The molecule has 1 saturated heterocycles. The van der Waals surface area contributed by atoms with Crippen LogP contribution in [0.2, 0.25) is 0 Å². The van der Waals surface area contributed by atoms with E-state index >= 15 is 0 Å². The molecule has 0 saturated carbocycles. The van der Waals surface area contributed by atoms with E-state index in [1.165, 1.54) is 19.2 Å². The minimum absolute atomic E-state index is 0.105. The number of hydrogen-bond donors (Lipinski definition) is 0. The highest BCUT2D eigenvalue weighted by atomic mass is 19.1. The normalized spacial score (nSPS) is 17.0. The summed E-state index contributed by atoms with van der Waals surface area (Å²) in [5.74, 6) is -1.10. The first kappa shape index (κ1) is 18.0. The first-order valence-corrected chi connectivity index (χ1v) is 7.71. The molecule has 1 aromatic carbocycles. The van der Waals surface area contributed by atoms with Gasteiger partial charge in [-0.3, -0.25) is 0 Å². The summed E-state index contributed by atoms with van der Waals surface area (Å²) < 4.78 is 29.0. The third kappa shape index (κ3) is 4.37. The molecule has 1 heterocycles. The average molecular weight is 339 g/mol. The summed E-state index contributed by atoms with van der Waals surface area (Å²) in [4.78, 5) is 25.1. The van der Waals surface area contributed by atoms with E-state index in [1.807, 2.05) is 20.8 Å². The van der Waals surface area contributed by atoms with Gasteiger partial charge in [0.15, 0.2) is 0 Å². The van der Waals surface area contributed by atoms with Gasteiger partial charge in [-0.05, 0) is 45.4 Å². The lowest BCUT2D eigenvalue weighted by atomic mass is 10.1. The molecule has 1 unspecified atom stereocenters. The van der Waals surface area contributed by atoms with Gasteiger partial charge in [0, 0.05) is 6.54 Å². The van der Waals surface area contributed by atoms with Gasteiger partial charge in [0.05, 0.1) is 18.7 Å². The Labute approximate surface area is 140 Å². The van der Waals surface area contributed by atoms with Crippen LogP contribution in [0.15, 0.2) is 18.2 Å². The number of carbonyl (C=O) groups excluding carboxylic acids is 2. The molecule has 132 valence electrons. The monoisotopic (exact) mass is 339 g/mol.